The van der Waals surface area contributed by atoms with Crippen molar-refractivity contribution in [1.29, 1.82) is 5.26 Å². The maximum atomic E-state index is 8.61. The average Bonchev–Trinajstić information content (AvgIpc) is 2.65. The lowest BCUT2D eigenvalue weighted by atomic mass is 10.1. The minimum Gasteiger partial charge on any atom is -0.369 e. The number of hydrogen-bond acceptors (Lipinski definition) is 3. The number of rotatable bonds is 1. The maximum Gasteiger partial charge on any atom is 0.197 e. The van der Waals surface area contributed by atoms with Gasteiger partial charge in [0, 0.05) is 0 Å². The molecule has 14 heavy (non-hydrogen) atoms. The molecule has 1 aromatic carbocycles. The molecule has 0 aliphatic carbocycles. The predicted molar refractivity (Wildman–Crippen MR) is 53.2 cm³/mol. The van der Waals surface area contributed by atoms with Gasteiger partial charge in [-0.3, -0.25) is 0 Å². The molecule has 2 rings (SSSR count). The van der Waals surface area contributed by atoms with E-state index in [0.717, 1.165) is 11.3 Å². The van der Waals surface area contributed by atoms with E-state index in [1.165, 1.54) is 0 Å². The number of nitrogens with one attached hydrogen (secondary N) is 1. The topological polar surface area (TPSA) is 78.5 Å². The van der Waals surface area contributed by atoms with Gasteiger partial charge in [-0.15, -0.1) is 0 Å². The number of anilines is 1. The molecule has 0 unspecified atom stereocenters. The number of aromatic nitrogens is 2. The molecule has 0 fully saturated rings. The van der Waals surface area contributed by atoms with Gasteiger partial charge >= 0.3 is 0 Å². The summed E-state index contributed by atoms with van der Waals surface area (Å²) in [7, 11) is 0. The highest BCUT2D eigenvalue weighted by molar-refractivity contribution is 5.60. The molecule has 68 valence electrons. The van der Waals surface area contributed by atoms with Crippen LogP contribution in [0.15, 0.2) is 30.5 Å². The Hall–Kier alpha value is -2.28. The van der Waals surface area contributed by atoms with E-state index < -0.39 is 0 Å². The van der Waals surface area contributed by atoms with Crippen molar-refractivity contribution in [3.8, 4) is 17.3 Å². The van der Waals surface area contributed by atoms with E-state index in [1.807, 2.05) is 12.1 Å². The summed E-state index contributed by atoms with van der Waals surface area (Å²) in [5, 5.41) is 8.61. The second-order valence-electron chi connectivity index (χ2n) is 2.87. The fraction of sp³-hybridized carbons (Fsp3) is 0. The van der Waals surface area contributed by atoms with Crippen molar-refractivity contribution in [2.24, 2.45) is 0 Å². The summed E-state index contributed by atoms with van der Waals surface area (Å²) in [6, 6.07) is 9.28. The van der Waals surface area contributed by atoms with Gasteiger partial charge in [-0.25, -0.2) is 4.98 Å². The van der Waals surface area contributed by atoms with E-state index >= 15 is 0 Å². The van der Waals surface area contributed by atoms with Gasteiger partial charge in [-0.1, -0.05) is 12.1 Å². The second-order valence-corrected chi connectivity index (χ2v) is 2.87. The predicted octanol–water partition coefficient (Wildman–Crippen LogP) is 1.53. The van der Waals surface area contributed by atoms with E-state index in [1.54, 1.807) is 18.3 Å². The van der Waals surface area contributed by atoms with Gasteiger partial charge in [0.05, 0.1) is 23.5 Å². The zero-order valence-corrected chi connectivity index (χ0v) is 7.36. The summed E-state index contributed by atoms with van der Waals surface area (Å²) in [5.41, 5.74) is 7.91. The summed E-state index contributed by atoms with van der Waals surface area (Å²) < 4.78 is 0. The van der Waals surface area contributed by atoms with Gasteiger partial charge < -0.3 is 10.7 Å². The summed E-state index contributed by atoms with van der Waals surface area (Å²) in [5.74, 6) is 0.393. The van der Waals surface area contributed by atoms with Crippen LogP contribution in [0.3, 0.4) is 0 Å². The molecule has 0 atom stereocenters. The third-order valence-electron chi connectivity index (χ3n) is 1.92. The molecule has 0 aliphatic heterocycles. The van der Waals surface area contributed by atoms with Crippen LogP contribution in [0, 0.1) is 11.3 Å². The van der Waals surface area contributed by atoms with Crippen LogP contribution in [0.4, 0.5) is 5.95 Å². The number of imidazole rings is 1. The lowest BCUT2D eigenvalue weighted by molar-refractivity contribution is 1.32. The van der Waals surface area contributed by atoms with Crippen LogP contribution in [0.5, 0.6) is 0 Å². The third kappa shape index (κ3) is 1.43. The Morgan fingerprint density at radius 2 is 2.00 bits per heavy atom. The molecule has 0 saturated carbocycles. The van der Waals surface area contributed by atoms with Gasteiger partial charge in [0.15, 0.2) is 5.95 Å². The van der Waals surface area contributed by atoms with Crippen molar-refractivity contribution in [3.05, 3.63) is 36.0 Å². The standard InChI is InChI=1S/C10H8N4/c11-5-7-1-3-8(4-2-7)9-6-13-10(12)14-9/h1-4,6H,(H3,12,13,14). The van der Waals surface area contributed by atoms with Crippen LogP contribution in [0.1, 0.15) is 5.56 Å². The quantitative estimate of drug-likeness (QED) is 0.705. The SMILES string of the molecule is N#Cc1ccc(-c2cnc(N)[nH]2)cc1. The van der Waals surface area contributed by atoms with E-state index in [2.05, 4.69) is 16.0 Å². The van der Waals surface area contributed by atoms with E-state index in [0.29, 0.717) is 11.5 Å². The Labute approximate surface area is 81.0 Å². The second kappa shape index (κ2) is 3.23. The molecule has 0 spiro atoms. The van der Waals surface area contributed by atoms with Gasteiger partial charge in [-0.2, -0.15) is 5.26 Å². The van der Waals surface area contributed by atoms with Crippen molar-refractivity contribution >= 4 is 5.95 Å². The molecule has 0 saturated heterocycles. The maximum absolute atomic E-state index is 8.61. The molecular formula is C10H8N4. The molecule has 1 heterocycles. The van der Waals surface area contributed by atoms with E-state index in [9.17, 15) is 0 Å². The first-order chi connectivity index (χ1) is 6.79. The Kier molecular flexibility index (Phi) is 1.92. The third-order valence-corrected chi connectivity index (χ3v) is 1.92. The highest BCUT2D eigenvalue weighted by Gasteiger charge is 2.00. The zero-order chi connectivity index (χ0) is 9.97. The summed E-state index contributed by atoms with van der Waals surface area (Å²) in [6.45, 7) is 0. The van der Waals surface area contributed by atoms with Gasteiger partial charge in [0.2, 0.25) is 0 Å². The van der Waals surface area contributed by atoms with Crippen molar-refractivity contribution in [2.45, 2.75) is 0 Å². The van der Waals surface area contributed by atoms with Crippen molar-refractivity contribution in [2.75, 3.05) is 5.73 Å². The molecule has 1 aromatic heterocycles. The Morgan fingerprint density at radius 1 is 1.29 bits per heavy atom. The minimum absolute atomic E-state index is 0.393. The fourth-order valence-corrected chi connectivity index (χ4v) is 1.21. The summed E-state index contributed by atoms with van der Waals surface area (Å²) in [6.07, 6.45) is 1.66. The van der Waals surface area contributed by atoms with Crippen molar-refractivity contribution < 1.29 is 0 Å². The van der Waals surface area contributed by atoms with Crippen LogP contribution in [-0.2, 0) is 0 Å². The Balaban J connectivity index is 2.39. The zero-order valence-electron chi connectivity index (χ0n) is 7.36. The van der Waals surface area contributed by atoms with Crippen LogP contribution in [0.25, 0.3) is 11.3 Å². The Morgan fingerprint density at radius 3 is 2.50 bits per heavy atom. The number of nitrogens with zero attached hydrogens (tertiary/aromatic N) is 2. The Bertz CT molecular complexity index is 476. The first kappa shape index (κ1) is 8.32. The highest BCUT2D eigenvalue weighted by Crippen LogP contribution is 2.17. The number of benzene rings is 1. The first-order valence-corrected chi connectivity index (χ1v) is 4.10. The van der Waals surface area contributed by atoms with E-state index in [4.69, 9.17) is 11.0 Å². The first-order valence-electron chi connectivity index (χ1n) is 4.10. The lowest BCUT2D eigenvalue weighted by Gasteiger charge is -1.96. The average molecular weight is 184 g/mol. The van der Waals surface area contributed by atoms with Crippen LogP contribution < -0.4 is 5.73 Å². The van der Waals surface area contributed by atoms with Gasteiger partial charge in [0.25, 0.3) is 0 Å². The lowest BCUT2D eigenvalue weighted by Crippen LogP contribution is -1.85. The highest BCUT2D eigenvalue weighted by atomic mass is 15.0. The number of hydrogen-bond donors (Lipinski definition) is 2. The molecule has 0 bridgehead atoms. The molecule has 0 aliphatic rings. The fourth-order valence-electron chi connectivity index (χ4n) is 1.21. The molecule has 4 heteroatoms. The summed E-state index contributed by atoms with van der Waals surface area (Å²) >= 11 is 0. The number of nitrogen functional groups attached to an aromatic ring is 1. The van der Waals surface area contributed by atoms with Crippen LogP contribution in [-0.4, -0.2) is 9.97 Å². The summed E-state index contributed by atoms with van der Waals surface area (Å²) in [4.78, 5) is 6.81. The molecular weight excluding hydrogens is 176 g/mol. The molecule has 0 amide bonds. The molecule has 3 N–H and O–H groups in total. The van der Waals surface area contributed by atoms with Gasteiger partial charge in [-0.05, 0) is 17.7 Å². The largest absolute Gasteiger partial charge is 0.369 e. The van der Waals surface area contributed by atoms with Crippen LogP contribution >= 0.6 is 0 Å². The number of H-pyrrole nitrogens is 1. The smallest absolute Gasteiger partial charge is 0.197 e. The van der Waals surface area contributed by atoms with Crippen molar-refractivity contribution in [1.82, 2.24) is 9.97 Å². The number of nitrogens with two attached hydrogens (primary N) is 1. The normalized spacial score (nSPS) is 9.64. The number of aromatic amines is 1. The van der Waals surface area contributed by atoms with E-state index in [-0.39, 0.29) is 0 Å². The monoisotopic (exact) mass is 184 g/mol. The van der Waals surface area contributed by atoms with Crippen LogP contribution in [0.2, 0.25) is 0 Å². The number of nitriles is 1. The molecule has 0 radical (unpaired) electrons. The minimum atomic E-state index is 0.393. The molecule has 2 aromatic rings. The van der Waals surface area contributed by atoms with Gasteiger partial charge in [0.1, 0.15) is 0 Å². The molecule has 4 nitrogen and oxygen atoms in total. The van der Waals surface area contributed by atoms with Crippen molar-refractivity contribution in [3.63, 3.8) is 0 Å².